The third-order valence-electron chi connectivity index (χ3n) is 3.57. The number of anilines is 1. The average molecular weight is 235 g/mol. The highest BCUT2D eigenvalue weighted by atomic mass is 19.1. The Morgan fingerprint density at radius 1 is 1.59 bits per heavy atom. The highest BCUT2D eigenvalue weighted by molar-refractivity contribution is 5.89. The summed E-state index contributed by atoms with van der Waals surface area (Å²) in [5, 5.41) is 2.67. The van der Waals surface area contributed by atoms with Crippen molar-refractivity contribution in [1.29, 1.82) is 0 Å². The molecule has 90 valence electrons. The van der Waals surface area contributed by atoms with Crippen LogP contribution in [0.15, 0.2) is 24.3 Å². The molecule has 2 amide bonds. The van der Waals surface area contributed by atoms with Gasteiger partial charge in [0.25, 0.3) is 0 Å². The first-order chi connectivity index (χ1) is 8.07. The molecule has 3 rings (SSSR count). The smallest absolute Gasteiger partial charge is 0.321 e. The predicted molar refractivity (Wildman–Crippen MR) is 62.0 cm³/mol. The summed E-state index contributed by atoms with van der Waals surface area (Å²) in [6, 6.07) is 5.67. The zero-order valence-corrected chi connectivity index (χ0v) is 9.32. The van der Waals surface area contributed by atoms with Crippen LogP contribution in [-0.4, -0.2) is 29.6 Å². The highest BCUT2D eigenvalue weighted by Crippen LogP contribution is 2.47. The van der Waals surface area contributed by atoms with Gasteiger partial charge in [0.05, 0.1) is 0 Å². The van der Waals surface area contributed by atoms with Crippen LogP contribution in [0.1, 0.15) is 6.42 Å². The molecule has 0 radical (unpaired) electrons. The number of nitrogens with one attached hydrogen (secondary N) is 1. The minimum atomic E-state index is -0.359. The maximum atomic E-state index is 12.9. The first-order valence-corrected chi connectivity index (χ1v) is 5.67. The van der Waals surface area contributed by atoms with Gasteiger partial charge in [0, 0.05) is 24.3 Å². The van der Waals surface area contributed by atoms with Crippen LogP contribution in [0.5, 0.6) is 0 Å². The van der Waals surface area contributed by atoms with E-state index in [0.717, 1.165) is 6.42 Å². The summed E-state index contributed by atoms with van der Waals surface area (Å²) in [5.41, 5.74) is 6.34. The number of likely N-dealkylation sites (tertiary alicyclic amines) is 1. The molecule has 4 nitrogen and oxygen atoms in total. The number of fused-ring (bicyclic) bond motifs is 1. The fourth-order valence-electron chi connectivity index (χ4n) is 2.45. The van der Waals surface area contributed by atoms with Crippen molar-refractivity contribution in [3.63, 3.8) is 0 Å². The van der Waals surface area contributed by atoms with Crippen molar-refractivity contribution >= 4 is 11.7 Å². The maximum absolute atomic E-state index is 12.9. The molecule has 0 spiro atoms. The molecule has 3 N–H and O–H groups in total. The number of carbonyl (C=O) groups excluding carboxylic acids is 1. The summed E-state index contributed by atoms with van der Waals surface area (Å²) in [5.74, 6) is 0.0862. The van der Waals surface area contributed by atoms with Crippen LogP contribution >= 0.6 is 0 Å². The van der Waals surface area contributed by atoms with Crippen LogP contribution in [0.4, 0.5) is 14.9 Å². The van der Waals surface area contributed by atoms with Crippen LogP contribution in [-0.2, 0) is 0 Å². The molecule has 0 bridgehead atoms. The highest BCUT2D eigenvalue weighted by Gasteiger charge is 2.58. The van der Waals surface area contributed by atoms with Gasteiger partial charge in [-0.05, 0) is 30.5 Å². The molecule has 1 heterocycles. The number of benzene rings is 1. The lowest BCUT2D eigenvalue weighted by Crippen LogP contribution is -2.39. The van der Waals surface area contributed by atoms with E-state index in [2.05, 4.69) is 5.32 Å². The van der Waals surface area contributed by atoms with E-state index in [-0.39, 0.29) is 17.4 Å². The number of hydrogen-bond acceptors (Lipinski definition) is 2. The number of nitrogens with two attached hydrogens (primary N) is 1. The van der Waals surface area contributed by atoms with E-state index in [9.17, 15) is 9.18 Å². The third-order valence-corrected chi connectivity index (χ3v) is 3.57. The van der Waals surface area contributed by atoms with E-state index in [4.69, 9.17) is 5.73 Å². The Balaban J connectivity index is 1.64. The first-order valence-electron chi connectivity index (χ1n) is 5.67. The fraction of sp³-hybridized carbons (Fsp3) is 0.417. The number of rotatable bonds is 1. The predicted octanol–water partition coefficient (Wildman–Crippen LogP) is 1.39. The number of halogens is 1. The van der Waals surface area contributed by atoms with Gasteiger partial charge in [-0.3, -0.25) is 0 Å². The second-order valence-electron chi connectivity index (χ2n) is 4.96. The standard InChI is InChI=1S/C12H14FN3O/c13-9-2-1-3-10(4-9)15-11(17)16-6-8-5-12(8,14)7-16/h1-4,8H,5-7,14H2,(H,15,17). The molecule has 2 fully saturated rings. The molecule has 1 aromatic rings. The van der Waals surface area contributed by atoms with Gasteiger partial charge in [-0.15, -0.1) is 0 Å². The summed E-state index contributed by atoms with van der Waals surface area (Å²) >= 11 is 0. The number of urea groups is 1. The quantitative estimate of drug-likeness (QED) is 0.772. The van der Waals surface area contributed by atoms with Crippen molar-refractivity contribution in [1.82, 2.24) is 4.90 Å². The number of nitrogens with zero attached hydrogens (tertiary/aromatic N) is 1. The number of piperidine rings is 1. The van der Waals surface area contributed by atoms with Gasteiger partial charge in [-0.2, -0.15) is 0 Å². The Morgan fingerprint density at radius 2 is 2.41 bits per heavy atom. The Kier molecular flexibility index (Phi) is 2.13. The molecule has 2 atom stereocenters. The monoisotopic (exact) mass is 235 g/mol. The van der Waals surface area contributed by atoms with Crippen molar-refractivity contribution in [3.05, 3.63) is 30.1 Å². The Morgan fingerprint density at radius 3 is 3.06 bits per heavy atom. The first kappa shape index (κ1) is 10.5. The molecule has 1 saturated carbocycles. The van der Waals surface area contributed by atoms with Gasteiger partial charge >= 0.3 is 6.03 Å². The topological polar surface area (TPSA) is 58.4 Å². The summed E-state index contributed by atoms with van der Waals surface area (Å²) in [6.45, 7) is 1.30. The van der Waals surface area contributed by atoms with Crippen LogP contribution in [0.25, 0.3) is 0 Å². The largest absolute Gasteiger partial charge is 0.323 e. The Hall–Kier alpha value is -1.62. The molecule has 1 saturated heterocycles. The van der Waals surface area contributed by atoms with Crippen molar-refractivity contribution in [2.24, 2.45) is 11.7 Å². The molecular weight excluding hydrogens is 221 g/mol. The molecular formula is C12H14FN3O. The van der Waals surface area contributed by atoms with Gasteiger partial charge in [-0.1, -0.05) is 6.07 Å². The lowest BCUT2D eigenvalue weighted by atomic mass is 10.3. The van der Waals surface area contributed by atoms with Gasteiger partial charge in [0.2, 0.25) is 0 Å². The molecule has 5 heteroatoms. The second kappa shape index (κ2) is 3.43. The van der Waals surface area contributed by atoms with Crippen LogP contribution in [0.3, 0.4) is 0 Å². The lowest BCUT2D eigenvalue weighted by Gasteiger charge is -2.19. The van der Waals surface area contributed by atoms with Crippen molar-refractivity contribution < 1.29 is 9.18 Å². The molecule has 17 heavy (non-hydrogen) atoms. The average Bonchev–Trinajstić information content (AvgIpc) is 2.77. The van der Waals surface area contributed by atoms with Crippen LogP contribution < -0.4 is 11.1 Å². The minimum Gasteiger partial charge on any atom is -0.323 e. The van der Waals surface area contributed by atoms with Gasteiger partial charge in [0.1, 0.15) is 5.82 Å². The third kappa shape index (κ3) is 1.86. The molecule has 1 aromatic carbocycles. The molecule has 1 aliphatic carbocycles. The van der Waals surface area contributed by atoms with Crippen molar-refractivity contribution in [2.75, 3.05) is 18.4 Å². The summed E-state index contributed by atoms with van der Waals surface area (Å²) in [6.07, 6.45) is 1.01. The SMILES string of the molecule is NC12CC1CN(C(=O)Nc1cccc(F)c1)C2. The Bertz CT molecular complexity index is 479. The van der Waals surface area contributed by atoms with Crippen molar-refractivity contribution in [3.8, 4) is 0 Å². The summed E-state index contributed by atoms with van der Waals surface area (Å²) in [7, 11) is 0. The zero-order valence-electron chi connectivity index (χ0n) is 9.32. The van der Waals surface area contributed by atoms with Gasteiger partial charge < -0.3 is 16.0 Å². The summed E-state index contributed by atoms with van der Waals surface area (Å²) < 4.78 is 12.9. The van der Waals surface area contributed by atoms with E-state index in [1.165, 1.54) is 12.1 Å². The second-order valence-corrected chi connectivity index (χ2v) is 4.96. The molecule has 2 aliphatic rings. The number of carbonyl (C=O) groups is 1. The maximum Gasteiger partial charge on any atom is 0.321 e. The lowest BCUT2D eigenvalue weighted by molar-refractivity contribution is 0.216. The number of hydrogen-bond donors (Lipinski definition) is 2. The summed E-state index contributed by atoms with van der Waals surface area (Å²) in [4.78, 5) is 13.6. The van der Waals surface area contributed by atoms with E-state index >= 15 is 0 Å². The minimum absolute atomic E-state index is 0.153. The van der Waals surface area contributed by atoms with E-state index in [0.29, 0.717) is 24.7 Å². The molecule has 2 unspecified atom stereocenters. The van der Waals surface area contributed by atoms with Gasteiger partial charge in [0.15, 0.2) is 0 Å². The van der Waals surface area contributed by atoms with E-state index in [1.807, 2.05) is 0 Å². The van der Waals surface area contributed by atoms with Crippen molar-refractivity contribution in [2.45, 2.75) is 12.0 Å². The van der Waals surface area contributed by atoms with Crippen LogP contribution in [0, 0.1) is 11.7 Å². The van der Waals surface area contributed by atoms with E-state index in [1.54, 1.807) is 17.0 Å². The van der Waals surface area contributed by atoms with E-state index < -0.39 is 0 Å². The van der Waals surface area contributed by atoms with Gasteiger partial charge in [-0.25, -0.2) is 9.18 Å². The van der Waals surface area contributed by atoms with Crippen LogP contribution in [0.2, 0.25) is 0 Å². The molecule has 1 aliphatic heterocycles. The zero-order chi connectivity index (χ0) is 12.0. The normalized spacial score (nSPS) is 30.0. The number of amides is 2. The Labute approximate surface area is 98.6 Å². The molecule has 0 aromatic heterocycles. The fourth-order valence-corrected chi connectivity index (χ4v) is 2.45.